The zero-order valence-corrected chi connectivity index (χ0v) is 12.1. The first kappa shape index (κ1) is 15.6. The Labute approximate surface area is 122 Å². The molecule has 0 aliphatic rings. The van der Waals surface area contributed by atoms with Crippen molar-refractivity contribution in [1.82, 2.24) is 5.32 Å². The van der Waals surface area contributed by atoms with Gasteiger partial charge in [0.1, 0.15) is 5.82 Å². The third-order valence-corrected chi connectivity index (χ3v) is 3.40. The van der Waals surface area contributed by atoms with Gasteiger partial charge in [-0.1, -0.05) is 30.7 Å². The van der Waals surface area contributed by atoms with Crippen LogP contribution in [0.25, 0.3) is 0 Å². The summed E-state index contributed by atoms with van der Waals surface area (Å²) in [7, 11) is 0. The maximum atomic E-state index is 14.0. The summed E-state index contributed by atoms with van der Waals surface area (Å²) in [6.07, 6.45) is 0.394. The molecule has 0 saturated carbocycles. The fourth-order valence-electron chi connectivity index (χ4n) is 2.37. The van der Waals surface area contributed by atoms with Gasteiger partial charge >= 0.3 is 0 Å². The van der Waals surface area contributed by atoms with E-state index in [1.165, 1.54) is 12.1 Å². The molecule has 0 radical (unpaired) electrons. The smallest absolute Gasteiger partial charge is 0.159 e. The van der Waals surface area contributed by atoms with Crippen LogP contribution in [0.4, 0.5) is 13.2 Å². The maximum absolute atomic E-state index is 14.0. The maximum Gasteiger partial charge on any atom is 0.159 e. The lowest BCUT2D eigenvalue weighted by atomic mass is 9.97. The fraction of sp³-hybridized carbons (Fsp3) is 0.294. The Morgan fingerprint density at radius 3 is 2.33 bits per heavy atom. The molecule has 2 aromatic rings. The first-order valence-electron chi connectivity index (χ1n) is 6.94. The summed E-state index contributed by atoms with van der Waals surface area (Å²) < 4.78 is 40.3. The highest BCUT2D eigenvalue weighted by molar-refractivity contribution is 5.29. The minimum absolute atomic E-state index is 0.278. The number of hydrogen-bond donors (Lipinski definition) is 1. The van der Waals surface area contributed by atoms with Crippen molar-refractivity contribution in [2.75, 3.05) is 6.54 Å². The zero-order chi connectivity index (χ0) is 15.4. The van der Waals surface area contributed by atoms with E-state index in [4.69, 9.17) is 0 Å². The molecule has 112 valence electrons. The van der Waals surface area contributed by atoms with E-state index in [-0.39, 0.29) is 11.9 Å². The highest BCUT2D eigenvalue weighted by Crippen LogP contribution is 2.23. The van der Waals surface area contributed by atoms with Gasteiger partial charge in [0, 0.05) is 11.6 Å². The second-order valence-corrected chi connectivity index (χ2v) is 5.09. The summed E-state index contributed by atoms with van der Waals surface area (Å²) in [6.45, 7) is 4.47. The molecule has 21 heavy (non-hydrogen) atoms. The van der Waals surface area contributed by atoms with Crippen LogP contribution < -0.4 is 5.32 Å². The van der Waals surface area contributed by atoms with Gasteiger partial charge in [0.05, 0.1) is 0 Å². The third-order valence-electron chi connectivity index (χ3n) is 3.40. The molecule has 2 aromatic carbocycles. The molecule has 0 aliphatic heterocycles. The molecular formula is C17H18F3N. The normalized spacial score (nSPS) is 12.4. The van der Waals surface area contributed by atoms with E-state index in [2.05, 4.69) is 5.32 Å². The lowest BCUT2D eigenvalue weighted by molar-refractivity contribution is 0.495. The lowest BCUT2D eigenvalue weighted by Crippen LogP contribution is -2.24. The Balaban J connectivity index is 2.30. The highest BCUT2D eigenvalue weighted by atomic mass is 19.2. The minimum atomic E-state index is -0.882. The van der Waals surface area contributed by atoms with Crippen molar-refractivity contribution in [1.29, 1.82) is 0 Å². The quantitative estimate of drug-likeness (QED) is 0.866. The molecule has 1 N–H and O–H groups in total. The Hall–Kier alpha value is -1.81. The molecule has 0 aliphatic carbocycles. The molecule has 1 unspecified atom stereocenters. The predicted octanol–water partition coefficient (Wildman–Crippen LogP) is 4.31. The Bertz CT molecular complexity index is 625. The molecule has 0 amide bonds. The van der Waals surface area contributed by atoms with E-state index in [1.54, 1.807) is 12.1 Å². The highest BCUT2D eigenvalue weighted by Gasteiger charge is 2.16. The largest absolute Gasteiger partial charge is 0.310 e. The molecule has 4 heteroatoms. The van der Waals surface area contributed by atoms with Crippen LogP contribution in [0.2, 0.25) is 0 Å². The average Bonchev–Trinajstić information content (AvgIpc) is 2.45. The lowest BCUT2D eigenvalue weighted by Gasteiger charge is -2.20. The van der Waals surface area contributed by atoms with E-state index in [9.17, 15) is 13.2 Å². The minimum Gasteiger partial charge on any atom is -0.310 e. The van der Waals surface area contributed by atoms with Gasteiger partial charge in [-0.05, 0) is 43.7 Å². The summed E-state index contributed by atoms with van der Waals surface area (Å²) in [4.78, 5) is 0. The van der Waals surface area contributed by atoms with Gasteiger partial charge in [0.15, 0.2) is 11.6 Å². The zero-order valence-electron chi connectivity index (χ0n) is 12.1. The van der Waals surface area contributed by atoms with E-state index in [1.807, 2.05) is 13.8 Å². The number of benzene rings is 2. The molecule has 0 heterocycles. The topological polar surface area (TPSA) is 12.0 Å². The third kappa shape index (κ3) is 3.85. The van der Waals surface area contributed by atoms with E-state index >= 15 is 0 Å². The van der Waals surface area contributed by atoms with Crippen molar-refractivity contribution in [2.45, 2.75) is 26.3 Å². The van der Waals surface area contributed by atoms with Crippen molar-refractivity contribution < 1.29 is 13.2 Å². The van der Waals surface area contributed by atoms with Gasteiger partial charge in [0.2, 0.25) is 0 Å². The summed E-state index contributed by atoms with van der Waals surface area (Å²) >= 11 is 0. The van der Waals surface area contributed by atoms with Crippen LogP contribution >= 0.6 is 0 Å². The van der Waals surface area contributed by atoms with Crippen LogP contribution in [0.1, 0.15) is 29.7 Å². The van der Waals surface area contributed by atoms with Crippen molar-refractivity contribution in [3.05, 3.63) is 70.5 Å². The first-order chi connectivity index (χ1) is 10.0. The SMILES string of the molecule is CCNC(Cc1ccc(F)c(F)c1)c1cc(C)ccc1F. The Kier molecular flexibility index (Phi) is 5.02. The van der Waals surface area contributed by atoms with Gasteiger partial charge in [-0.15, -0.1) is 0 Å². The Morgan fingerprint density at radius 2 is 1.67 bits per heavy atom. The van der Waals surface area contributed by atoms with Gasteiger partial charge in [-0.2, -0.15) is 0 Å². The van der Waals surface area contributed by atoms with Crippen molar-refractivity contribution in [2.24, 2.45) is 0 Å². The number of halogens is 3. The molecule has 0 saturated heterocycles. The molecule has 0 aromatic heterocycles. The predicted molar refractivity (Wildman–Crippen MR) is 77.6 cm³/mol. The summed E-state index contributed by atoms with van der Waals surface area (Å²) in [5.41, 5.74) is 2.13. The van der Waals surface area contributed by atoms with Crippen molar-refractivity contribution in [3.63, 3.8) is 0 Å². The molecule has 1 nitrogen and oxygen atoms in total. The van der Waals surface area contributed by atoms with Crippen LogP contribution in [-0.2, 0) is 6.42 Å². The average molecular weight is 293 g/mol. The van der Waals surface area contributed by atoms with Crippen LogP contribution in [0.15, 0.2) is 36.4 Å². The van der Waals surface area contributed by atoms with Crippen LogP contribution in [-0.4, -0.2) is 6.54 Å². The molecule has 0 bridgehead atoms. The fourth-order valence-corrected chi connectivity index (χ4v) is 2.37. The standard InChI is InChI=1S/C17H18F3N/c1-3-21-17(13-8-11(2)4-6-14(13)18)10-12-5-7-15(19)16(20)9-12/h4-9,17,21H,3,10H2,1-2H3. The first-order valence-corrected chi connectivity index (χ1v) is 6.94. The molecule has 1 atom stereocenters. The second kappa shape index (κ2) is 6.76. The van der Waals surface area contributed by atoms with Crippen molar-refractivity contribution in [3.8, 4) is 0 Å². The Morgan fingerprint density at radius 1 is 0.952 bits per heavy atom. The van der Waals surface area contributed by atoms with Gasteiger partial charge in [-0.3, -0.25) is 0 Å². The summed E-state index contributed by atoms with van der Waals surface area (Å²) in [5.74, 6) is -2.05. The van der Waals surface area contributed by atoms with Gasteiger partial charge in [0.25, 0.3) is 0 Å². The van der Waals surface area contributed by atoms with Crippen LogP contribution in [0.3, 0.4) is 0 Å². The van der Waals surface area contributed by atoms with Gasteiger partial charge in [-0.25, -0.2) is 13.2 Å². The van der Waals surface area contributed by atoms with Crippen LogP contribution in [0.5, 0.6) is 0 Å². The summed E-state index contributed by atoms with van der Waals surface area (Å²) in [6, 6.07) is 8.42. The van der Waals surface area contributed by atoms with Crippen LogP contribution in [0, 0.1) is 24.4 Å². The molecule has 0 spiro atoms. The number of nitrogens with one attached hydrogen (secondary N) is 1. The molecule has 2 rings (SSSR count). The van der Waals surface area contributed by atoms with Crippen molar-refractivity contribution >= 4 is 0 Å². The second-order valence-electron chi connectivity index (χ2n) is 5.09. The summed E-state index contributed by atoms with van der Waals surface area (Å²) in [5, 5.41) is 3.19. The number of rotatable bonds is 5. The van der Waals surface area contributed by atoms with E-state index in [0.717, 1.165) is 17.7 Å². The van der Waals surface area contributed by atoms with Gasteiger partial charge < -0.3 is 5.32 Å². The monoisotopic (exact) mass is 293 g/mol. The molecular weight excluding hydrogens is 275 g/mol. The number of likely N-dealkylation sites (N-methyl/N-ethyl adjacent to an activating group) is 1. The molecule has 0 fully saturated rings. The number of hydrogen-bond acceptors (Lipinski definition) is 1. The van der Waals surface area contributed by atoms with E-state index < -0.39 is 11.6 Å². The number of aryl methyl sites for hydroxylation is 1. The van der Waals surface area contributed by atoms with E-state index in [0.29, 0.717) is 24.1 Å².